The number of aromatic amines is 1. The summed E-state index contributed by atoms with van der Waals surface area (Å²) in [6.07, 6.45) is 4.40. The molecule has 0 aliphatic rings. The van der Waals surface area contributed by atoms with Gasteiger partial charge in [-0.25, -0.2) is 29.7 Å². The van der Waals surface area contributed by atoms with Crippen molar-refractivity contribution in [2.24, 2.45) is 0 Å². The molecule has 31 heavy (non-hydrogen) atoms. The molecule has 5 rings (SSSR count). The van der Waals surface area contributed by atoms with Crippen LogP contribution in [0.25, 0.3) is 22.1 Å². The van der Waals surface area contributed by atoms with Crippen LogP contribution >= 0.6 is 0 Å². The minimum absolute atomic E-state index is 0.143. The van der Waals surface area contributed by atoms with Crippen LogP contribution in [-0.4, -0.2) is 41.0 Å². The summed E-state index contributed by atoms with van der Waals surface area (Å²) in [5.74, 6) is 0.183. The number of para-hydroxylation sites is 1. The molecular weight excluding hydrogens is 396 g/mol. The summed E-state index contributed by atoms with van der Waals surface area (Å²) in [6, 6.07) is 12.9. The first-order valence-corrected chi connectivity index (χ1v) is 9.40. The van der Waals surface area contributed by atoms with Crippen molar-refractivity contribution >= 4 is 45.4 Å². The molecule has 0 saturated carbocycles. The predicted molar refractivity (Wildman–Crippen MR) is 115 cm³/mol. The van der Waals surface area contributed by atoms with E-state index in [2.05, 4.69) is 40.5 Å². The first kappa shape index (κ1) is 18.4. The van der Waals surface area contributed by atoms with E-state index in [4.69, 9.17) is 0 Å². The van der Waals surface area contributed by atoms with E-state index in [1.165, 1.54) is 18.7 Å². The van der Waals surface area contributed by atoms with E-state index >= 15 is 0 Å². The Morgan fingerprint density at radius 2 is 1.81 bits per heavy atom. The number of aromatic carboxylic acids is 1. The molecule has 3 heterocycles. The van der Waals surface area contributed by atoms with Gasteiger partial charge < -0.3 is 20.7 Å². The lowest BCUT2D eigenvalue weighted by Gasteiger charge is -2.11. The summed E-state index contributed by atoms with van der Waals surface area (Å²) in [6.45, 7) is 0.488. The molecule has 3 aromatic heterocycles. The van der Waals surface area contributed by atoms with Gasteiger partial charge in [-0.1, -0.05) is 18.2 Å². The van der Waals surface area contributed by atoms with E-state index in [0.29, 0.717) is 34.7 Å². The summed E-state index contributed by atoms with van der Waals surface area (Å²) >= 11 is 0. The van der Waals surface area contributed by atoms with Crippen molar-refractivity contribution < 1.29 is 9.90 Å². The molecule has 0 fully saturated rings. The lowest BCUT2D eigenvalue weighted by atomic mass is 10.1. The maximum Gasteiger partial charge on any atom is 0.337 e. The molecule has 0 bridgehead atoms. The van der Waals surface area contributed by atoms with E-state index in [1.54, 1.807) is 18.5 Å². The standard InChI is InChI=1S/C21H16N8O2/c30-21(31)15-6-2-5-14-16(15)23-9-25-18(14)22-8-12-3-1-4-13(7-12)29-20-17-19(26-10-24-17)27-11-28-20/h1-7,9-11H,8H2,(H,30,31)(H,22,23,25)(H2,24,26,27,28,29). The second kappa shape index (κ2) is 7.67. The van der Waals surface area contributed by atoms with Gasteiger partial charge in [-0.15, -0.1) is 0 Å². The van der Waals surface area contributed by atoms with E-state index in [0.717, 1.165) is 16.8 Å². The van der Waals surface area contributed by atoms with E-state index in [1.807, 2.05) is 24.3 Å². The zero-order valence-corrected chi connectivity index (χ0v) is 16.1. The lowest BCUT2D eigenvalue weighted by molar-refractivity contribution is 0.0699. The normalized spacial score (nSPS) is 11.0. The van der Waals surface area contributed by atoms with Crippen LogP contribution in [0, 0.1) is 0 Å². The molecule has 0 radical (unpaired) electrons. The number of benzene rings is 2. The molecule has 0 unspecified atom stereocenters. The highest BCUT2D eigenvalue weighted by Crippen LogP contribution is 2.24. The highest BCUT2D eigenvalue weighted by molar-refractivity contribution is 6.04. The van der Waals surface area contributed by atoms with Gasteiger partial charge in [0.25, 0.3) is 0 Å². The maximum atomic E-state index is 11.5. The van der Waals surface area contributed by atoms with E-state index < -0.39 is 5.97 Å². The molecule has 0 aliphatic carbocycles. The van der Waals surface area contributed by atoms with Crippen LogP contribution in [0.2, 0.25) is 0 Å². The highest BCUT2D eigenvalue weighted by Gasteiger charge is 2.12. The van der Waals surface area contributed by atoms with Gasteiger partial charge in [-0.05, 0) is 29.8 Å². The smallest absolute Gasteiger partial charge is 0.337 e. The zero-order valence-electron chi connectivity index (χ0n) is 16.1. The molecule has 2 aromatic carbocycles. The SMILES string of the molecule is O=C(O)c1cccc2c(NCc3cccc(Nc4ncnc5nc[nH]c45)c3)ncnc12. The molecule has 152 valence electrons. The number of carboxylic acids is 1. The fraction of sp³-hybridized carbons (Fsp3) is 0.0476. The van der Waals surface area contributed by atoms with Crippen molar-refractivity contribution in [3.8, 4) is 0 Å². The molecule has 0 atom stereocenters. The number of carbonyl (C=O) groups is 1. The van der Waals surface area contributed by atoms with Crippen molar-refractivity contribution in [2.75, 3.05) is 10.6 Å². The van der Waals surface area contributed by atoms with Crippen molar-refractivity contribution in [1.82, 2.24) is 29.9 Å². The van der Waals surface area contributed by atoms with Gasteiger partial charge in [-0.2, -0.15) is 0 Å². The molecule has 0 spiro atoms. The molecular formula is C21H16N8O2. The summed E-state index contributed by atoms with van der Waals surface area (Å²) < 4.78 is 0. The quantitative estimate of drug-likeness (QED) is 0.330. The Labute approximate surface area is 175 Å². The number of hydrogen-bond donors (Lipinski definition) is 4. The molecule has 10 heteroatoms. The van der Waals surface area contributed by atoms with Gasteiger partial charge in [-0.3, -0.25) is 0 Å². The second-order valence-electron chi connectivity index (χ2n) is 6.73. The number of hydrogen-bond acceptors (Lipinski definition) is 8. The predicted octanol–water partition coefficient (Wildman–Crippen LogP) is 3.35. The van der Waals surface area contributed by atoms with Gasteiger partial charge in [0.15, 0.2) is 11.5 Å². The highest BCUT2D eigenvalue weighted by atomic mass is 16.4. The number of aromatic nitrogens is 6. The third kappa shape index (κ3) is 3.57. The maximum absolute atomic E-state index is 11.5. The first-order valence-electron chi connectivity index (χ1n) is 9.40. The number of rotatable bonds is 6. The topological polar surface area (TPSA) is 142 Å². The Hall–Kier alpha value is -4.60. The number of anilines is 3. The number of nitrogens with one attached hydrogen (secondary N) is 3. The summed E-state index contributed by atoms with van der Waals surface area (Å²) in [5.41, 5.74) is 3.72. The van der Waals surface area contributed by atoms with Crippen LogP contribution in [0.5, 0.6) is 0 Å². The number of nitrogens with zero attached hydrogens (tertiary/aromatic N) is 5. The Morgan fingerprint density at radius 3 is 2.71 bits per heavy atom. The monoisotopic (exact) mass is 412 g/mol. The second-order valence-corrected chi connectivity index (χ2v) is 6.73. The molecule has 10 nitrogen and oxygen atoms in total. The van der Waals surface area contributed by atoms with Crippen LogP contribution in [0.3, 0.4) is 0 Å². The summed E-state index contributed by atoms with van der Waals surface area (Å²) in [5, 5.41) is 16.6. The number of H-pyrrole nitrogens is 1. The zero-order chi connectivity index (χ0) is 21.2. The van der Waals surface area contributed by atoms with Gasteiger partial charge in [0, 0.05) is 17.6 Å². The van der Waals surface area contributed by atoms with Gasteiger partial charge in [0.2, 0.25) is 0 Å². The Balaban J connectivity index is 1.38. The average molecular weight is 412 g/mol. The Kier molecular flexibility index (Phi) is 4.56. The van der Waals surface area contributed by atoms with E-state index in [9.17, 15) is 9.90 Å². The number of carboxylic acid groups (broad SMARTS) is 1. The molecule has 0 amide bonds. The average Bonchev–Trinajstić information content (AvgIpc) is 3.27. The Bertz CT molecular complexity index is 1420. The third-order valence-corrected chi connectivity index (χ3v) is 4.77. The van der Waals surface area contributed by atoms with Crippen molar-refractivity contribution in [3.05, 3.63) is 72.6 Å². The fourth-order valence-electron chi connectivity index (χ4n) is 3.34. The largest absolute Gasteiger partial charge is 0.478 e. The molecule has 0 saturated heterocycles. The van der Waals surface area contributed by atoms with Crippen molar-refractivity contribution in [2.45, 2.75) is 6.54 Å². The van der Waals surface area contributed by atoms with Crippen LogP contribution in [0.4, 0.5) is 17.3 Å². The van der Waals surface area contributed by atoms with Crippen LogP contribution in [-0.2, 0) is 6.54 Å². The van der Waals surface area contributed by atoms with Gasteiger partial charge >= 0.3 is 5.97 Å². The van der Waals surface area contributed by atoms with Crippen LogP contribution in [0.15, 0.2) is 61.4 Å². The Morgan fingerprint density at radius 1 is 0.968 bits per heavy atom. The third-order valence-electron chi connectivity index (χ3n) is 4.77. The fourth-order valence-corrected chi connectivity index (χ4v) is 3.34. The number of fused-ring (bicyclic) bond motifs is 2. The van der Waals surface area contributed by atoms with Crippen molar-refractivity contribution in [1.29, 1.82) is 0 Å². The minimum atomic E-state index is -1.02. The van der Waals surface area contributed by atoms with Crippen molar-refractivity contribution in [3.63, 3.8) is 0 Å². The van der Waals surface area contributed by atoms with Crippen LogP contribution in [0.1, 0.15) is 15.9 Å². The molecule has 5 aromatic rings. The molecule has 0 aliphatic heterocycles. The van der Waals surface area contributed by atoms with Gasteiger partial charge in [0.05, 0.1) is 17.4 Å². The minimum Gasteiger partial charge on any atom is -0.478 e. The van der Waals surface area contributed by atoms with E-state index in [-0.39, 0.29) is 5.56 Å². The van der Waals surface area contributed by atoms with Gasteiger partial charge in [0.1, 0.15) is 24.0 Å². The summed E-state index contributed by atoms with van der Waals surface area (Å²) in [4.78, 5) is 35.4. The number of imidazole rings is 1. The first-order chi connectivity index (χ1) is 15.2. The lowest BCUT2D eigenvalue weighted by Crippen LogP contribution is -2.05. The summed E-state index contributed by atoms with van der Waals surface area (Å²) in [7, 11) is 0. The molecule has 4 N–H and O–H groups in total. The van der Waals surface area contributed by atoms with Crippen LogP contribution < -0.4 is 10.6 Å².